The van der Waals surface area contributed by atoms with Gasteiger partial charge in [0.2, 0.25) is 5.88 Å². The second kappa shape index (κ2) is 9.91. The summed E-state index contributed by atoms with van der Waals surface area (Å²) in [7, 11) is 0. The largest absolute Gasteiger partial charge is 0.450 e. The number of thiophene rings is 2. The van der Waals surface area contributed by atoms with Crippen LogP contribution in [0.1, 0.15) is 9.75 Å². The lowest BCUT2D eigenvalue weighted by Crippen LogP contribution is -2.31. The van der Waals surface area contributed by atoms with Crippen LogP contribution in [0.25, 0.3) is 0 Å². The highest BCUT2D eigenvalue weighted by Gasteiger charge is 2.17. The maximum atomic E-state index is 12.4. The van der Waals surface area contributed by atoms with E-state index in [4.69, 9.17) is 14.2 Å². The van der Waals surface area contributed by atoms with Crippen LogP contribution in [0.2, 0.25) is 0 Å². The summed E-state index contributed by atoms with van der Waals surface area (Å²) in [5, 5.41) is 3.98. The minimum Gasteiger partial charge on any atom is -0.450 e. The molecule has 0 spiro atoms. The zero-order valence-electron chi connectivity index (χ0n) is 13.9. The summed E-state index contributed by atoms with van der Waals surface area (Å²) in [6.07, 6.45) is 1.20. The van der Waals surface area contributed by atoms with Crippen molar-refractivity contribution in [2.75, 3.05) is 13.6 Å². The molecule has 3 heterocycles. The number of amides is 1. The van der Waals surface area contributed by atoms with Gasteiger partial charge in [-0.05, 0) is 29.0 Å². The van der Waals surface area contributed by atoms with Crippen LogP contribution in [0, 0.1) is 0 Å². The predicted octanol–water partition coefficient (Wildman–Crippen LogP) is 4.35. The van der Waals surface area contributed by atoms with E-state index in [-0.39, 0.29) is 13.6 Å². The summed E-state index contributed by atoms with van der Waals surface area (Å²) < 4.78 is 15.7. The SMILES string of the molecule is O=C(OCOCOc1ccccn1)N(Cc1cccs1)Cc1cccs1. The highest BCUT2D eigenvalue weighted by atomic mass is 32.1. The van der Waals surface area contributed by atoms with Gasteiger partial charge >= 0.3 is 6.09 Å². The summed E-state index contributed by atoms with van der Waals surface area (Å²) in [6, 6.07) is 13.3. The first kappa shape index (κ1) is 18.4. The van der Waals surface area contributed by atoms with E-state index in [1.165, 1.54) is 0 Å². The lowest BCUT2D eigenvalue weighted by atomic mass is 10.4. The van der Waals surface area contributed by atoms with E-state index in [9.17, 15) is 4.79 Å². The minimum atomic E-state index is -0.426. The lowest BCUT2D eigenvalue weighted by Gasteiger charge is -2.21. The average Bonchev–Trinajstić information content (AvgIpc) is 3.36. The molecule has 0 atom stereocenters. The summed E-state index contributed by atoms with van der Waals surface area (Å²) in [6.45, 7) is 0.773. The Labute approximate surface area is 159 Å². The van der Waals surface area contributed by atoms with E-state index in [1.54, 1.807) is 45.9 Å². The van der Waals surface area contributed by atoms with Gasteiger partial charge in [0.15, 0.2) is 13.6 Å². The first-order valence-corrected chi connectivity index (χ1v) is 9.65. The molecule has 0 unspecified atom stereocenters. The van der Waals surface area contributed by atoms with E-state index >= 15 is 0 Å². The zero-order chi connectivity index (χ0) is 18.0. The number of aromatic nitrogens is 1. The molecular weight excluding hydrogens is 372 g/mol. The van der Waals surface area contributed by atoms with Crippen molar-refractivity contribution in [1.29, 1.82) is 0 Å². The second-order valence-corrected chi connectivity index (χ2v) is 7.24. The maximum Gasteiger partial charge on any atom is 0.412 e. The molecule has 0 aliphatic rings. The van der Waals surface area contributed by atoms with Gasteiger partial charge in [0.25, 0.3) is 0 Å². The fourth-order valence-corrected chi connectivity index (χ4v) is 3.56. The molecule has 3 aromatic rings. The van der Waals surface area contributed by atoms with Crippen LogP contribution in [0.15, 0.2) is 59.4 Å². The van der Waals surface area contributed by atoms with Crippen LogP contribution in [-0.4, -0.2) is 29.6 Å². The summed E-state index contributed by atoms with van der Waals surface area (Å²) in [5.74, 6) is 0.454. The summed E-state index contributed by atoms with van der Waals surface area (Å²) >= 11 is 3.21. The van der Waals surface area contributed by atoms with Crippen LogP contribution in [0.3, 0.4) is 0 Å². The van der Waals surface area contributed by atoms with Gasteiger partial charge in [-0.1, -0.05) is 18.2 Å². The van der Waals surface area contributed by atoms with Crippen LogP contribution >= 0.6 is 22.7 Å². The van der Waals surface area contributed by atoms with E-state index in [0.29, 0.717) is 19.0 Å². The summed E-state index contributed by atoms with van der Waals surface area (Å²) in [5.41, 5.74) is 0. The average molecular weight is 390 g/mol. The number of rotatable bonds is 9. The molecule has 136 valence electrons. The van der Waals surface area contributed by atoms with Crippen LogP contribution in [0.4, 0.5) is 4.79 Å². The molecule has 0 saturated heterocycles. The van der Waals surface area contributed by atoms with Gasteiger partial charge in [-0.3, -0.25) is 4.90 Å². The highest BCUT2D eigenvalue weighted by molar-refractivity contribution is 7.10. The number of carbonyl (C=O) groups excluding carboxylic acids is 1. The highest BCUT2D eigenvalue weighted by Crippen LogP contribution is 2.18. The van der Waals surface area contributed by atoms with Gasteiger partial charge < -0.3 is 14.2 Å². The Hall–Kier alpha value is -2.42. The predicted molar refractivity (Wildman–Crippen MR) is 100 cm³/mol. The number of hydrogen-bond acceptors (Lipinski definition) is 7. The molecule has 0 fully saturated rings. The fourth-order valence-electron chi connectivity index (χ4n) is 2.12. The summed E-state index contributed by atoms with van der Waals surface area (Å²) in [4.78, 5) is 20.3. The Morgan fingerprint density at radius 2 is 1.69 bits per heavy atom. The van der Waals surface area contributed by atoms with Crippen molar-refractivity contribution in [3.05, 3.63) is 69.2 Å². The van der Waals surface area contributed by atoms with E-state index in [0.717, 1.165) is 9.75 Å². The number of pyridine rings is 1. The Morgan fingerprint density at radius 1 is 0.962 bits per heavy atom. The number of ether oxygens (including phenoxy) is 3. The van der Waals surface area contributed by atoms with Crippen molar-refractivity contribution in [3.8, 4) is 5.88 Å². The van der Waals surface area contributed by atoms with E-state index < -0.39 is 6.09 Å². The standard InChI is InChI=1S/C18H18N2O4S2/c21-18(24-14-22-13-23-17-7-1-2-8-19-17)20(11-15-5-3-9-25-15)12-16-6-4-10-26-16/h1-10H,11-14H2. The van der Waals surface area contributed by atoms with Crippen LogP contribution < -0.4 is 4.74 Å². The van der Waals surface area contributed by atoms with Gasteiger partial charge in [-0.25, -0.2) is 9.78 Å². The minimum absolute atomic E-state index is 0.0415. The Balaban J connectivity index is 1.45. The first-order chi connectivity index (χ1) is 12.8. The molecule has 3 rings (SSSR count). The molecular formula is C18H18N2O4S2. The van der Waals surface area contributed by atoms with Gasteiger partial charge in [0, 0.05) is 22.0 Å². The van der Waals surface area contributed by atoms with Crippen molar-refractivity contribution in [1.82, 2.24) is 9.88 Å². The van der Waals surface area contributed by atoms with Crippen molar-refractivity contribution >= 4 is 28.8 Å². The Morgan fingerprint density at radius 3 is 2.27 bits per heavy atom. The second-order valence-electron chi connectivity index (χ2n) is 5.18. The zero-order valence-corrected chi connectivity index (χ0v) is 15.6. The third-order valence-corrected chi connectivity index (χ3v) is 5.03. The number of nitrogens with zero attached hydrogens (tertiary/aromatic N) is 2. The van der Waals surface area contributed by atoms with E-state index in [2.05, 4.69) is 4.98 Å². The molecule has 0 aliphatic carbocycles. The van der Waals surface area contributed by atoms with Crippen molar-refractivity contribution in [2.45, 2.75) is 13.1 Å². The van der Waals surface area contributed by atoms with Gasteiger partial charge in [0.05, 0.1) is 13.1 Å². The lowest BCUT2D eigenvalue weighted by molar-refractivity contribution is -0.0790. The molecule has 0 aromatic carbocycles. The normalized spacial score (nSPS) is 10.5. The Kier molecular flexibility index (Phi) is 7.00. The van der Waals surface area contributed by atoms with Crippen molar-refractivity contribution in [3.63, 3.8) is 0 Å². The molecule has 0 saturated carbocycles. The maximum absolute atomic E-state index is 12.4. The monoisotopic (exact) mass is 390 g/mol. The molecule has 8 heteroatoms. The number of carbonyl (C=O) groups is 1. The Bertz CT molecular complexity index is 728. The van der Waals surface area contributed by atoms with Gasteiger partial charge in [0.1, 0.15) is 0 Å². The van der Waals surface area contributed by atoms with Crippen LogP contribution in [-0.2, 0) is 22.6 Å². The molecule has 3 aromatic heterocycles. The third kappa shape index (κ3) is 5.83. The fraction of sp³-hybridized carbons (Fsp3) is 0.222. The first-order valence-electron chi connectivity index (χ1n) is 7.89. The quantitative estimate of drug-likeness (QED) is 0.401. The molecule has 26 heavy (non-hydrogen) atoms. The number of hydrogen-bond donors (Lipinski definition) is 0. The van der Waals surface area contributed by atoms with Gasteiger partial charge in [-0.2, -0.15) is 0 Å². The van der Waals surface area contributed by atoms with E-state index in [1.807, 2.05) is 41.1 Å². The third-order valence-electron chi connectivity index (χ3n) is 3.31. The van der Waals surface area contributed by atoms with Crippen molar-refractivity contribution in [2.24, 2.45) is 0 Å². The molecule has 0 radical (unpaired) electrons. The smallest absolute Gasteiger partial charge is 0.412 e. The molecule has 0 bridgehead atoms. The molecule has 0 aliphatic heterocycles. The topological polar surface area (TPSA) is 60.9 Å². The molecule has 6 nitrogen and oxygen atoms in total. The van der Waals surface area contributed by atoms with Crippen LogP contribution in [0.5, 0.6) is 5.88 Å². The van der Waals surface area contributed by atoms with Crippen molar-refractivity contribution < 1.29 is 19.0 Å². The molecule has 1 amide bonds. The molecule has 0 N–H and O–H groups in total. The van der Waals surface area contributed by atoms with Gasteiger partial charge in [-0.15, -0.1) is 22.7 Å².